The molecule has 1 heterocycles. The van der Waals surface area contributed by atoms with E-state index >= 15 is 0 Å². The van der Waals surface area contributed by atoms with Gasteiger partial charge in [0.25, 0.3) is 11.6 Å². The summed E-state index contributed by atoms with van der Waals surface area (Å²) in [7, 11) is 0. The molecule has 0 unspecified atom stereocenters. The van der Waals surface area contributed by atoms with Gasteiger partial charge in [0.1, 0.15) is 0 Å². The normalized spacial score (nSPS) is 13.8. The van der Waals surface area contributed by atoms with Crippen LogP contribution in [0.3, 0.4) is 0 Å². The van der Waals surface area contributed by atoms with Crippen molar-refractivity contribution in [2.75, 3.05) is 31.6 Å². The van der Waals surface area contributed by atoms with Gasteiger partial charge in [0.05, 0.1) is 24.6 Å². The lowest BCUT2D eigenvalue weighted by Crippen LogP contribution is -2.41. The van der Waals surface area contributed by atoms with Gasteiger partial charge in [-0.1, -0.05) is 12.1 Å². The molecule has 8 heteroatoms. The number of hydrogen-bond donors (Lipinski definition) is 1. The number of nitrogens with zero attached hydrogens (tertiary/aromatic N) is 2. The summed E-state index contributed by atoms with van der Waals surface area (Å²) in [6.07, 6.45) is 0.301. The van der Waals surface area contributed by atoms with Gasteiger partial charge >= 0.3 is 0 Å². The van der Waals surface area contributed by atoms with Crippen molar-refractivity contribution in [2.24, 2.45) is 0 Å². The molecule has 2 aromatic carbocycles. The van der Waals surface area contributed by atoms with Crippen LogP contribution < -0.4 is 5.32 Å². The molecule has 1 saturated heterocycles. The summed E-state index contributed by atoms with van der Waals surface area (Å²) in [5, 5.41) is 13.6. The maximum atomic E-state index is 12.4. The van der Waals surface area contributed by atoms with Gasteiger partial charge in [-0.2, -0.15) is 0 Å². The predicted octanol–water partition coefficient (Wildman–Crippen LogP) is 2.56. The van der Waals surface area contributed by atoms with Crippen molar-refractivity contribution < 1.29 is 19.2 Å². The lowest BCUT2D eigenvalue weighted by atomic mass is 10.1. The van der Waals surface area contributed by atoms with E-state index < -0.39 is 4.92 Å². The molecule has 0 spiro atoms. The summed E-state index contributed by atoms with van der Waals surface area (Å²) < 4.78 is 5.25. The topological polar surface area (TPSA) is 102 Å². The zero-order valence-electron chi connectivity index (χ0n) is 15.5. The minimum Gasteiger partial charge on any atom is -0.378 e. The van der Waals surface area contributed by atoms with Gasteiger partial charge in [-0.05, 0) is 36.8 Å². The van der Waals surface area contributed by atoms with Gasteiger partial charge in [-0.3, -0.25) is 19.7 Å². The summed E-state index contributed by atoms with van der Waals surface area (Å²) >= 11 is 0. The van der Waals surface area contributed by atoms with Crippen LogP contribution in [0.15, 0.2) is 42.5 Å². The highest BCUT2D eigenvalue weighted by molar-refractivity contribution is 6.04. The summed E-state index contributed by atoms with van der Waals surface area (Å²) in [6.45, 7) is 3.95. The summed E-state index contributed by atoms with van der Waals surface area (Å²) in [5.74, 6) is -0.295. The number of carbonyl (C=O) groups is 2. The Morgan fingerprint density at radius 2 is 1.82 bits per heavy atom. The molecule has 2 aromatic rings. The van der Waals surface area contributed by atoms with E-state index in [1.54, 1.807) is 36.1 Å². The van der Waals surface area contributed by atoms with E-state index in [1.165, 1.54) is 18.2 Å². The second kappa shape index (κ2) is 8.62. The number of carbonyl (C=O) groups excluding carboxylic acids is 2. The van der Waals surface area contributed by atoms with E-state index in [4.69, 9.17) is 4.74 Å². The van der Waals surface area contributed by atoms with E-state index in [0.717, 1.165) is 5.56 Å². The minimum absolute atomic E-state index is 0.0224. The molecule has 0 bridgehead atoms. The number of nitro groups is 1. The molecule has 3 rings (SSSR count). The quantitative estimate of drug-likeness (QED) is 0.631. The Morgan fingerprint density at radius 1 is 1.14 bits per heavy atom. The van der Waals surface area contributed by atoms with Crippen molar-refractivity contribution in [1.29, 1.82) is 0 Å². The zero-order valence-corrected chi connectivity index (χ0v) is 15.5. The smallest absolute Gasteiger partial charge is 0.272 e. The van der Waals surface area contributed by atoms with E-state index in [0.29, 0.717) is 49.5 Å². The van der Waals surface area contributed by atoms with Crippen LogP contribution >= 0.6 is 0 Å². The van der Waals surface area contributed by atoms with Crippen LogP contribution in [-0.2, 0) is 16.0 Å². The van der Waals surface area contributed by atoms with Gasteiger partial charge in [0.2, 0.25) is 5.91 Å². The molecule has 1 N–H and O–H groups in total. The molecule has 8 nitrogen and oxygen atoms in total. The monoisotopic (exact) mass is 383 g/mol. The number of nitrogens with one attached hydrogen (secondary N) is 1. The number of hydrogen-bond acceptors (Lipinski definition) is 5. The number of rotatable bonds is 5. The fraction of sp³-hybridized carbons (Fsp3) is 0.300. The number of anilines is 1. The van der Waals surface area contributed by atoms with Crippen LogP contribution in [0.25, 0.3) is 0 Å². The molecule has 0 radical (unpaired) electrons. The van der Waals surface area contributed by atoms with Crippen molar-refractivity contribution in [2.45, 2.75) is 13.3 Å². The second-order valence-corrected chi connectivity index (χ2v) is 6.58. The van der Waals surface area contributed by atoms with Gasteiger partial charge in [0, 0.05) is 36.0 Å². The minimum atomic E-state index is -0.478. The van der Waals surface area contributed by atoms with Gasteiger partial charge in [0.15, 0.2) is 0 Å². The SMILES string of the molecule is Cc1cc(C(=O)Nc2ccc(CC(=O)N3CCOCC3)cc2)ccc1[N+](=O)[O-]. The number of morpholine rings is 1. The highest BCUT2D eigenvalue weighted by atomic mass is 16.6. The van der Waals surface area contributed by atoms with Crippen molar-refractivity contribution >= 4 is 23.2 Å². The van der Waals surface area contributed by atoms with Crippen LogP contribution in [-0.4, -0.2) is 47.9 Å². The maximum Gasteiger partial charge on any atom is 0.272 e. The van der Waals surface area contributed by atoms with Gasteiger partial charge in [-0.15, -0.1) is 0 Å². The lowest BCUT2D eigenvalue weighted by molar-refractivity contribution is -0.385. The third-order valence-electron chi connectivity index (χ3n) is 4.59. The average molecular weight is 383 g/mol. The third kappa shape index (κ3) is 4.72. The predicted molar refractivity (Wildman–Crippen MR) is 103 cm³/mol. The van der Waals surface area contributed by atoms with Crippen LogP contribution in [0.1, 0.15) is 21.5 Å². The lowest BCUT2D eigenvalue weighted by Gasteiger charge is -2.26. The molecule has 0 saturated carbocycles. The summed E-state index contributed by atoms with van der Waals surface area (Å²) in [5.41, 5.74) is 2.19. The molecule has 0 atom stereocenters. The standard InChI is InChI=1S/C20H21N3O5/c1-14-12-16(4-7-18(14)23(26)27)20(25)21-17-5-2-15(3-6-17)13-19(24)22-8-10-28-11-9-22/h2-7,12H,8-11,13H2,1H3,(H,21,25). The first kappa shape index (κ1) is 19.5. The first-order valence-corrected chi connectivity index (χ1v) is 8.95. The molecular weight excluding hydrogens is 362 g/mol. The largest absolute Gasteiger partial charge is 0.378 e. The molecule has 1 aliphatic rings. The second-order valence-electron chi connectivity index (χ2n) is 6.58. The molecule has 2 amide bonds. The van der Waals surface area contributed by atoms with E-state index in [1.807, 2.05) is 0 Å². The van der Waals surface area contributed by atoms with Crippen molar-refractivity contribution in [1.82, 2.24) is 4.90 Å². The Bertz CT molecular complexity index is 889. The summed E-state index contributed by atoms with van der Waals surface area (Å²) in [6, 6.07) is 11.3. The van der Waals surface area contributed by atoms with Crippen LogP contribution in [0.2, 0.25) is 0 Å². The van der Waals surface area contributed by atoms with Crippen molar-refractivity contribution in [3.63, 3.8) is 0 Å². The first-order chi connectivity index (χ1) is 13.4. The Balaban J connectivity index is 1.60. The Kier molecular flexibility index (Phi) is 6.00. The van der Waals surface area contributed by atoms with E-state index in [9.17, 15) is 19.7 Å². The molecule has 1 aliphatic heterocycles. The van der Waals surface area contributed by atoms with Gasteiger partial charge < -0.3 is 15.0 Å². The van der Waals surface area contributed by atoms with Crippen LogP contribution in [0.5, 0.6) is 0 Å². The molecular formula is C20H21N3O5. The van der Waals surface area contributed by atoms with Crippen LogP contribution in [0, 0.1) is 17.0 Å². The Labute approximate surface area is 162 Å². The maximum absolute atomic E-state index is 12.4. The third-order valence-corrected chi connectivity index (χ3v) is 4.59. The average Bonchev–Trinajstić information content (AvgIpc) is 2.69. The molecule has 1 fully saturated rings. The molecule has 0 aliphatic carbocycles. The Morgan fingerprint density at radius 3 is 2.43 bits per heavy atom. The van der Waals surface area contributed by atoms with Crippen molar-refractivity contribution in [3.05, 3.63) is 69.3 Å². The molecule has 146 valence electrons. The van der Waals surface area contributed by atoms with Gasteiger partial charge in [-0.25, -0.2) is 0 Å². The highest BCUT2D eigenvalue weighted by Crippen LogP contribution is 2.20. The number of aryl methyl sites for hydroxylation is 1. The highest BCUT2D eigenvalue weighted by Gasteiger charge is 2.17. The number of amides is 2. The molecule has 28 heavy (non-hydrogen) atoms. The first-order valence-electron chi connectivity index (χ1n) is 8.95. The fourth-order valence-corrected chi connectivity index (χ4v) is 3.01. The van der Waals surface area contributed by atoms with E-state index in [2.05, 4.69) is 5.32 Å². The fourth-order valence-electron chi connectivity index (χ4n) is 3.01. The Hall–Kier alpha value is -3.26. The zero-order chi connectivity index (χ0) is 20.1. The number of benzene rings is 2. The number of nitro benzene ring substituents is 1. The van der Waals surface area contributed by atoms with E-state index in [-0.39, 0.29) is 17.5 Å². The van der Waals surface area contributed by atoms with Crippen molar-refractivity contribution in [3.8, 4) is 0 Å². The summed E-state index contributed by atoms with van der Waals surface area (Å²) in [4.78, 5) is 36.8. The number of ether oxygens (including phenoxy) is 1. The molecule has 0 aromatic heterocycles. The van der Waals surface area contributed by atoms with Crippen LogP contribution in [0.4, 0.5) is 11.4 Å².